The quantitative estimate of drug-likeness (QED) is 0.104. The Morgan fingerprint density at radius 1 is 0.553 bits per heavy atom. The van der Waals surface area contributed by atoms with Crippen LogP contribution in [0.2, 0.25) is 0 Å². The van der Waals surface area contributed by atoms with E-state index >= 15 is 0 Å². The van der Waals surface area contributed by atoms with E-state index in [2.05, 4.69) is 51.2 Å². The number of unbranched alkanes of at least 4 members (excludes halogenated alkanes) is 2. The second-order valence-electron chi connectivity index (χ2n) is 17.0. The molecule has 0 saturated carbocycles. The van der Waals surface area contributed by atoms with Gasteiger partial charge in [-0.3, -0.25) is 0 Å². The number of carboxylic acids is 2. The molecule has 0 aliphatic carbocycles. The zero-order chi connectivity index (χ0) is 52.3. The number of aromatic carboxylic acids is 2. The van der Waals surface area contributed by atoms with Gasteiger partial charge in [0.1, 0.15) is 11.6 Å². The van der Waals surface area contributed by atoms with Gasteiger partial charge in [-0.25, -0.2) is 9.97 Å². The van der Waals surface area contributed by atoms with Gasteiger partial charge >= 0.3 is 71.5 Å². The molecule has 18 nitrogen and oxygen atoms in total. The maximum absolute atomic E-state index is 13.7. The van der Waals surface area contributed by atoms with Gasteiger partial charge in [-0.2, -0.15) is 36.8 Å². The van der Waals surface area contributed by atoms with Gasteiger partial charge in [-0.05, 0) is 82.9 Å². The van der Waals surface area contributed by atoms with Crippen LogP contribution < -0.4 is 69.3 Å². The monoisotopic (exact) mass is 1060 g/mol. The summed E-state index contributed by atoms with van der Waals surface area (Å²) >= 11 is 0. The van der Waals surface area contributed by atoms with Crippen molar-refractivity contribution in [2.75, 3.05) is 0 Å². The molecule has 0 bridgehead atoms. The third-order valence-corrected chi connectivity index (χ3v) is 12.3. The minimum Gasteiger partial charge on any atom is -0.543 e. The molecule has 6 aromatic heterocycles. The van der Waals surface area contributed by atoms with E-state index in [1.54, 1.807) is 24.3 Å². The summed E-state index contributed by atoms with van der Waals surface area (Å²) in [5.41, 5.74) is 1.04. The fourth-order valence-electron chi connectivity index (χ4n) is 9.00. The van der Waals surface area contributed by atoms with Crippen LogP contribution in [0.4, 0.5) is 26.3 Å². The molecular formula is C50H42F6N14Na2O4. The largest absolute Gasteiger partial charge is 1.00 e. The number of carbonyl (C=O) groups excluding carboxylic acids is 2. The van der Waals surface area contributed by atoms with E-state index in [1.165, 1.54) is 0 Å². The van der Waals surface area contributed by atoms with Crippen molar-refractivity contribution in [3.63, 3.8) is 0 Å². The summed E-state index contributed by atoms with van der Waals surface area (Å²) in [6.07, 6.45) is -3.20. The first-order chi connectivity index (χ1) is 35.6. The van der Waals surface area contributed by atoms with E-state index in [9.17, 15) is 46.1 Å². The standard InChI is InChI=1S/2C25H22F3N7O2.2Na/c2*1-2-3-11-20-29-22(25(26,27)28)21(24(36)37)35(20)14-15-7-6-10-18-16(15)12-13-34(18)19-9-5-4-8-17(19)23-30-32-33-31-23;;/h2*4-10,12-13H,2-3,11,14H2,1H3,(H,36,37)(H,30,31,32,33);;/q;;2*+1/p-2. The fourth-order valence-corrected chi connectivity index (χ4v) is 9.00. The smallest absolute Gasteiger partial charge is 0.543 e. The van der Waals surface area contributed by atoms with E-state index in [4.69, 9.17) is 0 Å². The van der Waals surface area contributed by atoms with E-state index < -0.39 is 47.1 Å². The number of nitrogens with one attached hydrogen (secondary N) is 2. The Hall–Kier alpha value is -6.96. The Bertz CT molecular complexity index is 3390. The first-order valence-electron chi connectivity index (χ1n) is 23.2. The van der Waals surface area contributed by atoms with Crippen molar-refractivity contribution in [1.29, 1.82) is 0 Å². The van der Waals surface area contributed by atoms with Crippen molar-refractivity contribution < 1.29 is 105 Å². The minimum absolute atomic E-state index is 0. The van der Waals surface area contributed by atoms with Gasteiger partial charge in [0.15, 0.2) is 11.4 Å². The van der Waals surface area contributed by atoms with Crippen LogP contribution in [0.3, 0.4) is 0 Å². The molecule has 380 valence electrons. The first kappa shape index (κ1) is 56.8. The molecule has 76 heavy (non-hydrogen) atoms. The number of aromatic amines is 2. The maximum Gasteiger partial charge on any atom is 1.00 e. The molecule has 0 aliphatic heterocycles. The normalized spacial score (nSPS) is 11.6. The van der Waals surface area contributed by atoms with Crippen LogP contribution in [-0.4, -0.2) is 81.4 Å². The predicted octanol–water partition coefficient (Wildman–Crippen LogP) is 1.57. The number of benzene rings is 4. The predicted molar refractivity (Wildman–Crippen MR) is 251 cm³/mol. The molecule has 0 atom stereocenters. The van der Waals surface area contributed by atoms with Crippen LogP contribution in [0.25, 0.3) is 56.0 Å². The molecule has 26 heteroatoms. The van der Waals surface area contributed by atoms with Crippen LogP contribution in [0.5, 0.6) is 0 Å². The summed E-state index contributed by atoms with van der Waals surface area (Å²) in [5, 5.41) is 53.7. The summed E-state index contributed by atoms with van der Waals surface area (Å²) in [5.74, 6) is -2.89. The van der Waals surface area contributed by atoms with Gasteiger partial charge in [0.2, 0.25) is 11.6 Å². The molecule has 4 aromatic carbocycles. The average Bonchev–Trinajstić information content (AvgIpc) is 4.26. The third-order valence-electron chi connectivity index (χ3n) is 12.3. The molecule has 10 aromatic rings. The summed E-state index contributed by atoms with van der Waals surface area (Å²) in [4.78, 5) is 31.1. The molecule has 6 heterocycles. The van der Waals surface area contributed by atoms with Crippen molar-refractivity contribution in [3.8, 4) is 34.2 Å². The van der Waals surface area contributed by atoms with Crippen molar-refractivity contribution >= 4 is 33.7 Å². The van der Waals surface area contributed by atoms with E-state index in [1.807, 2.05) is 108 Å². The Labute approximate surface area is 472 Å². The maximum atomic E-state index is 13.7. The Kier molecular flexibility index (Phi) is 17.9. The number of carboxylic acid groups (broad SMARTS) is 2. The number of alkyl halides is 6. The second-order valence-corrected chi connectivity index (χ2v) is 17.0. The molecule has 0 unspecified atom stereocenters. The number of halogens is 6. The number of carbonyl (C=O) groups is 2. The summed E-state index contributed by atoms with van der Waals surface area (Å²) in [6.45, 7) is 3.57. The summed E-state index contributed by atoms with van der Waals surface area (Å²) in [7, 11) is 0. The van der Waals surface area contributed by atoms with Gasteiger partial charge < -0.3 is 38.1 Å². The topological polar surface area (TPSA) is 235 Å². The van der Waals surface area contributed by atoms with Gasteiger partial charge in [0.25, 0.3) is 0 Å². The van der Waals surface area contributed by atoms with Crippen molar-refractivity contribution in [1.82, 2.24) is 69.5 Å². The van der Waals surface area contributed by atoms with Gasteiger partial charge in [-0.15, -0.1) is 20.4 Å². The molecule has 0 spiro atoms. The van der Waals surface area contributed by atoms with E-state index in [-0.39, 0.29) is 96.7 Å². The zero-order valence-corrected chi connectivity index (χ0v) is 45.3. The third kappa shape index (κ3) is 11.6. The van der Waals surface area contributed by atoms with Crippen LogP contribution in [0.1, 0.15) is 94.7 Å². The van der Waals surface area contributed by atoms with Crippen LogP contribution in [-0.2, 0) is 38.3 Å². The molecule has 2 N–H and O–H groups in total. The van der Waals surface area contributed by atoms with Crippen molar-refractivity contribution in [2.45, 2.75) is 77.8 Å². The number of aromatic nitrogens is 14. The molecule has 0 fully saturated rings. The number of aryl methyl sites for hydroxylation is 2. The number of hydrogen-bond donors (Lipinski definition) is 2. The molecule has 10 rings (SSSR count). The second kappa shape index (κ2) is 23.9. The molecule has 0 radical (unpaired) electrons. The average molecular weight is 1060 g/mol. The van der Waals surface area contributed by atoms with Gasteiger partial charge in [-0.1, -0.05) is 75.2 Å². The fraction of sp³-hybridized carbons (Fsp3) is 0.240. The van der Waals surface area contributed by atoms with Crippen molar-refractivity contribution in [3.05, 3.63) is 155 Å². The van der Waals surface area contributed by atoms with E-state index in [0.29, 0.717) is 48.5 Å². The minimum atomic E-state index is -4.92. The van der Waals surface area contributed by atoms with Crippen molar-refractivity contribution in [2.24, 2.45) is 0 Å². The summed E-state index contributed by atoms with van der Waals surface area (Å²) < 4.78 is 88.1. The Balaban J connectivity index is 0.000000216. The number of tetrazole rings is 2. The first-order valence-corrected chi connectivity index (χ1v) is 23.2. The molecular weight excluding hydrogens is 1020 g/mol. The van der Waals surface area contributed by atoms with Crippen LogP contribution in [0, 0.1) is 0 Å². The number of rotatable bonds is 16. The molecule has 0 saturated heterocycles. The van der Waals surface area contributed by atoms with Gasteiger partial charge in [0, 0.05) is 47.1 Å². The number of fused-ring (bicyclic) bond motifs is 2. The summed E-state index contributed by atoms with van der Waals surface area (Å²) in [6, 6.07) is 29.4. The molecule has 0 amide bonds. The van der Waals surface area contributed by atoms with Crippen LogP contribution in [0.15, 0.2) is 109 Å². The number of H-pyrrole nitrogens is 2. The number of para-hydroxylation sites is 2. The number of nitrogens with zero attached hydrogens (tertiary/aromatic N) is 12. The molecule has 0 aliphatic rings. The number of imidazole rings is 2. The number of hydrogen-bond acceptors (Lipinski definition) is 12. The Morgan fingerprint density at radius 3 is 1.29 bits per heavy atom. The van der Waals surface area contributed by atoms with Gasteiger partial charge in [0.05, 0.1) is 58.8 Å². The van der Waals surface area contributed by atoms with E-state index in [0.717, 1.165) is 53.4 Å². The van der Waals surface area contributed by atoms with Crippen LogP contribution >= 0.6 is 0 Å². The zero-order valence-electron chi connectivity index (χ0n) is 41.3. The SMILES string of the molecule is CCCCc1nc(C(F)(F)F)c(C(=O)[O-])n1Cc1cccc2c1ccn2-c1ccccc1-c1nn[nH]n1.CCCCc1nc(C(F)(F)F)c(C(=O)[O-])n1Cc1cccc2c1ccn2-c1ccccc1-c1nn[nH]n1.[Na+].[Na+]. The Morgan fingerprint density at radius 2 is 0.947 bits per heavy atom.